The van der Waals surface area contributed by atoms with Crippen LogP contribution in [0.4, 0.5) is 0 Å². The van der Waals surface area contributed by atoms with E-state index in [1.54, 1.807) is 10.4 Å². The molecule has 0 radical (unpaired) electrons. The van der Waals surface area contributed by atoms with Crippen molar-refractivity contribution in [3.8, 4) is 52.9 Å². The molecule has 0 atom stereocenters. The molecular weight excluding hydrogens is 633 g/mol. The van der Waals surface area contributed by atoms with Gasteiger partial charge in [-0.25, -0.2) is 0 Å². The van der Waals surface area contributed by atoms with Gasteiger partial charge < -0.3 is 0 Å². The Morgan fingerprint density at radius 3 is 1.33 bits per heavy atom. The normalized spacial score (nSPS) is 16.5. The first kappa shape index (κ1) is 28.7. The molecule has 0 unspecified atom stereocenters. The van der Waals surface area contributed by atoms with Crippen LogP contribution in [0.3, 0.4) is 0 Å². The van der Waals surface area contributed by atoms with Gasteiger partial charge in [-0.05, 0) is 95.5 Å². The Morgan fingerprint density at radius 2 is 0.854 bits per heavy atom. The third-order valence-corrected chi connectivity index (χ3v) is 19.2. The Balaban J connectivity index is 1.12. The quantitative estimate of drug-likeness (QED) is 0.164. The van der Waals surface area contributed by atoms with Crippen LogP contribution in [-0.2, 0) is 10.8 Å². The van der Waals surface area contributed by atoms with Gasteiger partial charge in [0.2, 0.25) is 0 Å². The van der Waals surface area contributed by atoms with Crippen molar-refractivity contribution < 1.29 is 0 Å². The van der Waals surface area contributed by atoms with Gasteiger partial charge in [-0.3, -0.25) is 0 Å². The molecule has 3 aliphatic rings. The summed E-state index contributed by atoms with van der Waals surface area (Å²) in [7, 11) is -2.21. The Kier molecular flexibility index (Phi) is 5.78. The minimum atomic E-state index is -2.21. The lowest BCUT2D eigenvalue weighted by Crippen LogP contribution is -2.61. The maximum Gasteiger partial charge on any atom is 0.149 e. The van der Waals surface area contributed by atoms with Gasteiger partial charge in [-0.1, -0.05) is 137 Å². The van der Waals surface area contributed by atoms with Crippen LogP contribution in [0.15, 0.2) is 127 Å². The van der Waals surface area contributed by atoms with Crippen LogP contribution in [0, 0.1) is 0 Å². The van der Waals surface area contributed by atoms with Gasteiger partial charge in [0.05, 0.1) is 0 Å². The summed E-state index contributed by atoms with van der Waals surface area (Å²) in [4.78, 5) is 5.76. The molecule has 0 saturated heterocycles. The van der Waals surface area contributed by atoms with Crippen LogP contribution >= 0.6 is 22.7 Å². The highest BCUT2D eigenvalue weighted by Gasteiger charge is 2.46. The van der Waals surface area contributed by atoms with E-state index in [1.165, 1.54) is 80.3 Å². The molecular formula is C45H36S2Si. The van der Waals surface area contributed by atoms with Crippen LogP contribution in [0.1, 0.15) is 49.9 Å². The highest BCUT2D eigenvalue weighted by Crippen LogP contribution is 2.52. The first-order valence-electron chi connectivity index (χ1n) is 17.0. The van der Waals surface area contributed by atoms with Crippen molar-refractivity contribution in [3.05, 3.63) is 150 Å². The van der Waals surface area contributed by atoms with Crippen molar-refractivity contribution in [2.45, 2.75) is 45.1 Å². The van der Waals surface area contributed by atoms with Crippen molar-refractivity contribution in [1.29, 1.82) is 0 Å². The van der Waals surface area contributed by atoms with Gasteiger partial charge in [0.25, 0.3) is 0 Å². The molecule has 7 aromatic rings. The molecule has 0 saturated carbocycles. The predicted octanol–water partition coefficient (Wildman–Crippen LogP) is 10.8. The smallest absolute Gasteiger partial charge is 0.134 e. The van der Waals surface area contributed by atoms with Gasteiger partial charge in [0.15, 0.2) is 0 Å². The topological polar surface area (TPSA) is 0 Å². The molecule has 0 N–H and O–H groups in total. The summed E-state index contributed by atoms with van der Waals surface area (Å²) in [5, 5.41) is 4.65. The lowest BCUT2D eigenvalue weighted by Gasteiger charge is -2.24. The van der Waals surface area contributed by atoms with E-state index >= 15 is 0 Å². The predicted molar refractivity (Wildman–Crippen MR) is 211 cm³/mol. The minimum absolute atomic E-state index is 0.00313. The molecule has 0 bridgehead atoms. The van der Waals surface area contributed by atoms with Gasteiger partial charge in [-0.15, -0.1) is 22.7 Å². The molecule has 232 valence electrons. The van der Waals surface area contributed by atoms with Crippen LogP contribution in [0.25, 0.3) is 52.9 Å². The number of thiophene rings is 2. The minimum Gasteiger partial charge on any atom is -0.134 e. The summed E-state index contributed by atoms with van der Waals surface area (Å²) < 4.78 is 0. The van der Waals surface area contributed by atoms with E-state index in [1.807, 2.05) is 22.7 Å². The van der Waals surface area contributed by atoms with Crippen molar-refractivity contribution in [3.63, 3.8) is 0 Å². The third kappa shape index (κ3) is 3.65. The van der Waals surface area contributed by atoms with Gasteiger partial charge >= 0.3 is 0 Å². The number of rotatable bonds is 3. The van der Waals surface area contributed by atoms with Crippen LogP contribution < -0.4 is 15.6 Å². The molecule has 3 heteroatoms. The molecule has 0 spiro atoms. The average Bonchev–Trinajstić information content (AvgIpc) is 3.89. The summed E-state index contributed by atoms with van der Waals surface area (Å²) >= 11 is 4.02. The summed E-state index contributed by atoms with van der Waals surface area (Å²) in [6, 6.07) is 48.9. The van der Waals surface area contributed by atoms with Crippen molar-refractivity contribution >= 4 is 46.3 Å². The van der Waals surface area contributed by atoms with Crippen LogP contribution in [-0.4, -0.2) is 8.07 Å². The highest BCUT2D eigenvalue weighted by molar-refractivity contribution is 7.33. The first-order valence-corrected chi connectivity index (χ1v) is 21.1. The summed E-state index contributed by atoms with van der Waals surface area (Å²) in [6.07, 6.45) is 0. The molecule has 2 aromatic heterocycles. The molecule has 3 heterocycles. The molecule has 0 nitrogen and oxygen atoms in total. The lowest BCUT2D eigenvalue weighted by atomic mass is 9.82. The molecule has 48 heavy (non-hydrogen) atoms. The second-order valence-electron chi connectivity index (χ2n) is 15.1. The molecule has 2 aliphatic carbocycles. The van der Waals surface area contributed by atoms with Crippen LogP contribution in [0.2, 0.25) is 6.55 Å². The van der Waals surface area contributed by atoms with E-state index in [4.69, 9.17) is 0 Å². The number of fused-ring (bicyclic) bond motifs is 9. The zero-order chi connectivity index (χ0) is 32.6. The fraction of sp³-hybridized carbons (Fsp3) is 0.156. The second-order valence-corrected chi connectivity index (χ2v) is 21.1. The molecule has 0 amide bonds. The van der Waals surface area contributed by atoms with E-state index in [9.17, 15) is 0 Å². The van der Waals surface area contributed by atoms with Crippen molar-refractivity contribution in [1.82, 2.24) is 0 Å². The molecule has 10 rings (SSSR count). The summed E-state index contributed by atoms with van der Waals surface area (Å²) in [5.74, 6) is 0. The fourth-order valence-electron chi connectivity index (χ4n) is 9.09. The first-order chi connectivity index (χ1) is 23.2. The summed E-state index contributed by atoms with van der Waals surface area (Å²) in [5.41, 5.74) is 14.0. The Bertz CT molecular complexity index is 2320. The number of hydrogen-bond acceptors (Lipinski definition) is 2. The standard InChI is InChI=1S/C45H36S2Si/c1-44(2)34-17-11-9-15-30(34)32-21-19-27(23-36(32)44)38-25-40-42(46-38)43-41(48(40,5)29-13-7-6-8-14-29)26-39(47-43)28-20-22-33-31-16-10-12-18-35(31)45(3,4)37(33)24-28/h6-26H,1-5H3. The van der Waals surface area contributed by atoms with Crippen LogP contribution in [0.5, 0.6) is 0 Å². The van der Waals surface area contributed by atoms with E-state index in [2.05, 4.69) is 162 Å². The molecule has 5 aromatic carbocycles. The zero-order valence-electron chi connectivity index (χ0n) is 27.9. The fourth-order valence-corrected chi connectivity index (χ4v) is 17.1. The third-order valence-electron chi connectivity index (χ3n) is 11.8. The van der Waals surface area contributed by atoms with E-state index in [-0.39, 0.29) is 10.8 Å². The van der Waals surface area contributed by atoms with E-state index < -0.39 is 8.07 Å². The highest BCUT2D eigenvalue weighted by atomic mass is 32.1. The van der Waals surface area contributed by atoms with E-state index in [0.29, 0.717) is 0 Å². The van der Waals surface area contributed by atoms with Gasteiger partial charge in [-0.2, -0.15) is 0 Å². The van der Waals surface area contributed by atoms with Crippen molar-refractivity contribution in [2.24, 2.45) is 0 Å². The number of hydrogen-bond donors (Lipinski definition) is 0. The maximum atomic E-state index is 2.59. The lowest BCUT2D eigenvalue weighted by molar-refractivity contribution is 0.660. The Morgan fingerprint density at radius 1 is 0.438 bits per heavy atom. The monoisotopic (exact) mass is 668 g/mol. The Hall–Kier alpha value is -4.28. The largest absolute Gasteiger partial charge is 0.149 e. The van der Waals surface area contributed by atoms with Crippen molar-refractivity contribution in [2.75, 3.05) is 0 Å². The average molecular weight is 669 g/mol. The van der Waals surface area contributed by atoms with E-state index in [0.717, 1.165) is 0 Å². The SMILES string of the molecule is CC1(C)c2ccccc2-c2ccc(-c3cc4c(s3)-c3sc(-c5ccc6c(c5)C(C)(C)c5ccccc5-6)cc3[Si]4(C)c3ccccc3)cc21. The number of benzene rings is 5. The second kappa shape index (κ2) is 9.66. The van der Waals surface area contributed by atoms with Gasteiger partial charge in [0.1, 0.15) is 8.07 Å². The molecule has 1 aliphatic heterocycles. The summed E-state index contributed by atoms with van der Waals surface area (Å²) in [6.45, 7) is 12.1. The Labute approximate surface area is 292 Å². The van der Waals surface area contributed by atoms with Gasteiger partial charge in [0, 0.05) is 30.3 Å². The molecule has 0 fully saturated rings. The zero-order valence-corrected chi connectivity index (χ0v) is 30.6. The maximum absolute atomic E-state index is 2.59.